The van der Waals surface area contributed by atoms with Gasteiger partial charge in [-0.2, -0.15) is 4.98 Å². The molecule has 3 aromatic rings. The Bertz CT molecular complexity index is 1370. The van der Waals surface area contributed by atoms with Crippen molar-refractivity contribution >= 4 is 41.3 Å². The highest BCUT2D eigenvalue weighted by atomic mass is 16.2. The van der Waals surface area contributed by atoms with Crippen LogP contribution in [0.25, 0.3) is 0 Å². The van der Waals surface area contributed by atoms with Crippen LogP contribution in [0.1, 0.15) is 18.1 Å². The normalized spacial score (nSPS) is 13.3. The van der Waals surface area contributed by atoms with Gasteiger partial charge >= 0.3 is 6.03 Å². The van der Waals surface area contributed by atoms with E-state index in [9.17, 15) is 9.59 Å². The Labute approximate surface area is 215 Å². The fourth-order valence-corrected chi connectivity index (χ4v) is 3.84. The lowest BCUT2D eigenvalue weighted by Crippen LogP contribution is -2.45. The number of aromatic nitrogens is 2. The van der Waals surface area contributed by atoms with E-state index >= 15 is 0 Å². The molecule has 0 fully saturated rings. The summed E-state index contributed by atoms with van der Waals surface area (Å²) in [5.74, 6) is 0.315. The van der Waals surface area contributed by atoms with Gasteiger partial charge in [0.25, 0.3) is 0 Å². The van der Waals surface area contributed by atoms with Gasteiger partial charge in [0, 0.05) is 43.0 Å². The number of urea groups is 1. The molecule has 4 N–H and O–H groups in total. The second kappa shape index (κ2) is 11.2. The summed E-state index contributed by atoms with van der Waals surface area (Å²) in [6.07, 6.45) is 4.04. The van der Waals surface area contributed by atoms with E-state index in [2.05, 4.69) is 32.5 Å². The van der Waals surface area contributed by atoms with E-state index in [0.29, 0.717) is 36.0 Å². The highest BCUT2D eigenvalue weighted by molar-refractivity contribution is 6.03. The number of nitrogens with zero attached hydrogens (tertiary/aromatic N) is 4. The van der Waals surface area contributed by atoms with Crippen LogP contribution in [0.3, 0.4) is 0 Å². The van der Waals surface area contributed by atoms with Gasteiger partial charge < -0.3 is 26.3 Å². The van der Waals surface area contributed by atoms with Crippen molar-refractivity contribution in [2.24, 2.45) is 0 Å². The smallest absolute Gasteiger partial charge is 0.330 e. The van der Waals surface area contributed by atoms with E-state index in [-0.39, 0.29) is 17.9 Å². The molecule has 0 spiro atoms. The Morgan fingerprint density at radius 2 is 1.95 bits per heavy atom. The summed E-state index contributed by atoms with van der Waals surface area (Å²) in [6, 6.07) is 16.4. The molecule has 1 aliphatic rings. The molecule has 1 aliphatic heterocycles. The quantitative estimate of drug-likeness (QED) is 0.257. The minimum atomic E-state index is -0.354. The van der Waals surface area contributed by atoms with Crippen molar-refractivity contribution < 1.29 is 9.59 Å². The van der Waals surface area contributed by atoms with Crippen LogP contribution in [-0.4, -0.2) is 40.1 Å². The molecule has 2 aromatic carbocycles. The summed E-state index contributed by atoms with van der Waals surface area (Å²) in [4.78, 5) is 38.0. The lowest BCUT2D eigenvalue weighted by molar-refractivity contribution is -0.111. The molecule has 4 rings (SSSR count). The molecule has 0 bridgehead atoms. The number of nitrogens with one attached hydrogen (secondary N) is 4. The third-order valence-electron chi connectivity index (χ3n) is 5.82. The zero-order valence-electron chi connectivity index (χ0n) is 20.7. The third-order valence-corrected chi connectivity index (χ3v) is 5.82. The first kappa shape index (κ1) is 25.1. The highest BCUT2D eigenvalue weighted by Crippen LogP contribution is 2.35. The van der Waals surface area contributed by atoms with Crippen molar-refractivity contribution in [2.45, 2.75) is 20.0 Å². The van der Waals surface area contributed by atoms with Gasteiger partial charge in [0.1, 0.15) is 0 Å². The van der Waals surface area contributed by atoms with Crippen LogP contribution in [0, 0.1) is 5.41 Å². The average molecular weight is 497 g/mol. The maximum absolute atomic E-state index is 13.8. The predicted molar refractivity (Wildman–Crippen MR) is 145 cm³/mol. The highest BCUT2D eigenvalue weighted by Gasteiger charge is 2.33. The fraction of sp³-hybridized carbons (Fsp3) is 0.148. The first-order valence-corrected chi connectivity index (χ1v) is 11.6. The number of allylic oxidation sites excluding steroid dienone is 2. The number of rotatable bonds is 9. The summed E-state index contributed by atoms with van der Waals surface area (Å²) in [6.45, 7) is 6.05. The van der Waals surface area contributed by atoms with Crippen LogP contribution in [-0.2, 0) is 17.9 Å². The van der Waals surface area contributed by atoms with Gasteiger partial charge in [-0.25, -0.2) is 14.7 Å². The number of amides is 3. The van der Waals surface area contributed by atoms with Gasteiger partial charge in [-0.05, 0) is 36.8 Å². The largest absolute Gasteiger partial charge is 0.390 e. The summed E-state index contributed by atoms with van der Waals surface area (Å²) < 4.78 is 0. The molecule has 1 aromatic heterocycles. The van der Waals surface area contributed by atoms with E-state index in [1.165, 1.54) is 17.2 Å². The Morgan fingerprint density at radius 1 is 1.16 bits per heavy atom. The minimum Gasteiger partial charge on any atom is -0.390 e. The number of benzene rings is 2. The van der Waals surface area contributed by atoms with Crippen LogP contribution < -0.4 is 20.9 Å². The zero-order valence-corrected chi connectivity index (χ0v) is 20.7. The molecule has 3 amide bonds. The minimum absolute atomic E-state index is 0.247. The molecular formula is C27H28N8O2. The van der Waals surface area contributed by atoms with E-state index < -0.39 is 0 Å². The van der Waals surface area contributed by atoms with Crippen molar-refractivity contribution in [1.82, 2.24) is 20.2 Å². The van der Waals surface area contributed by atoms with E-state index in [4.69, 9.17) is 5.41 Å². The lowest BCUT2D eigenvalue weighted by atomic mass is 10.1. The Morgan fingerprint density at radius 3 is 2.65 bits per heavy atom. The molecule has 188 valence electrons. The second-order valence-corrected chi connectivity index (χ2v) is 8.30. The van der Waals surface area contributed by atoms with Crippen molar-refractivity contribution in [2.75, 3.05) is 22.6 Å². The monoisotopic (exact) mass is 496 g/mol. The summed E-state index contributed by atoms with van der Waals surface area (Å²) in [5, 5.41) is 16.5. The van der Waals surface area contributed by atoms with Gasteiger partial charge in [0.2, 0.25) is 11.9 Å². The Hall–Kier alpha value is -4.99. The lowest BCUT2D eigenvalue weighted by Gasteiger charge is -2.36. The van der Waals surface area contributed by atoms with Crippen LogP contribution in [0.4, 0.5) is 27.9 Å². The van der Waals surface area contributed by atoms with Gasteiger partial charge in [-0.3, -0.25) is 4.79 Å². The van der Waals surface area contributed by atoms with Gasteiger partial charge in [-0.1, -0.05) is 43.0 Å². The van der Waals surface area contributed by atoms with Crippen LogP contribution in [0.15, 0.2) is 84.8 Å². The molecule has 0 radical (unpaired) electrons. The molecule has 0 atom stereocenters. The molecule has 10 nitrogen and oxygen atoms in total. The first-order chi connectivity index (χ1) is 17.9. The fourth-order valence-electron chi connectivity index (χ4n) is 3.84. The number of carbonyl (C=O) groups is 2. The molecule has 2 heterocycles. The summed E-state index contributed by atoms with van der Waals surface area (Å²) in [5.41, 5.74) is 4.04. The van der Waals surface area contributed by atoms with E-state index in [1.54, 1.807) is 42.4 Å². The zero-order chi connectivity index (χ0) is 26.4. The topological polar surface area (TPSA) is 126 Å². The van der Waals surface area contributed by atoms with Gasteiger partial charge in [0.15, 0.2) is 5.82 Å². The van der Waals surface area contributed by atoms with Gasteiger partial charge in [-0.15, -0.1) is 0 Å². The number of hydrogen-bond donors (Lipinski definition) is 4. The molecule has 37 heavy (non-hydrogen) atoms. The molecule has 0 unspecified atom stereocenters. The summed E-state index contributed by atoms with van der Waals surface area (Å²) in [7, 11) is 1.76. The van der Waals surface area contributed by atoms with Crippen molar-refractivity contribution in [1.29, 1.82) is 5.41 Å². The van der Waals surface area contributed by atoms with Gasteiger partial charge in [0.05, 0.1) is 17.9 Å². The standard InChI is InChI=1S/C27H28N8O2/c1-4-24(36)31-21-11-8-12-22(13-21)35-25-20(15-30-26(33-25)32-23(14-28)18(2)29-3)17-34(27(35)37)16-19-9-6-5-7-10-19/h4-15,28-29H,1,16-17H2,2-3H3,(H,31,36)(H,30,32,33)/b23-18+,28-14?. The summed E-state index contributed by atoms with van der Waals surface area (Å²) >= 11 is 0. The average Bonchev–Trinajstić information content (AvgIpc) is 2.92. The maximum atomic E-state index is 13.8. The van der Waals surface area contributed by atoms with Crippen LogP contribution in [0.5, 0.6) is 0 Å². The third kappa shape index (κ3) is 5.64. The number of anilines is 4. The number of fused-ring (bicyclic) bond motifs is 1. The number of hydrogen-bond acceptors (Lipinski definition) is 7. The van der Waals surface area contributed by atoms with E-state index in [0.717, 1.165) is 16.8 Å². The van der Waals surface area contributed by atoms with Crippen molar-refractivity contribution in [3.8, 4) is 0 Å². The molecule has 0 aliphatic carbocycles. The predicted octanol–water partition coefficient (Wildman–Crippen LogP) is 4.39. The molecule has 0 saturated heterocycles. The molecular weight excluding hydrogens is 468 g/mol. The number of carbonyl (C=O) groups excluding carboxylic acids is 2. The second-order valence-electron chi connectivity index (χ2n) is 8.30. The molecule has 10 heteroatoms. The van der Waals surface area contributed by atoms with Crippen LogP contribution in [0.2, 0.25) is 0 Å². The van der Waals surface area contributed by atoms with Crippen molar-refractivity contribution in [3.63, 3.8) is 0 Å². The maximum Gasteiger partial charge on any atom is 0.330 e. The van der Waals surface area contributed by atoms with Crippen LogP contribution >= 0.6 is 0 Å². The Kier molecular flexibility index (Phi) is 7.58. The Balaban J connectivity index is 1.77. The SMILES string of the molecule is C=CC(=O)Nc1cccc(N2C(=O)N(Cc3ccccc3)Cc3cnc(N/C(C=N)=C(\C)NC)nc32)c1. The first-order valence-electron chi connectivity index (χ1n) is 11.6. The van der Waals surface area contributed by atoms with Crippen molar-refractivity contribution in [3.05, 3.63) is 96.0 Å². The van der Waals surface area contributed by atoms with E-state index in [1.807, 2.05) is 37.3 Å². The molecule has 0 saturated carbocycles.